The highest BCUT2D eigenvalue weighted by molar-refractivity contribution is 7.51. The van der Waals surface area contributed by atoms with Crippen LogP contribution in [-0.4, -0.2) is 359 Å². The first kappa shape index (κ1) is 100. The van der Waals surface area contributed by atoms with Crippen LogP contribution < -0.4 is 37.2 Å². The highest BCUT2D eigenvalue weighted by Gasteiger charge is 2.47. The number of carbonyl (C=O) groups excluding carboxylic acids is 8. The van der Waals surface area contributed by atoms with E-state index in [2.05, 4.69) is 37.2 Å². The first-order valence-electron chi connectivity index (χ1n) is 39.5. The van der Waals surface area contributed by atoms with Crippen LogP contribution in [0.15, 0.2) is 0 Å². The second kappa shape index (κ2) is 56.4. The molecule has 0 radical (unpaired) electrons. The SMILES string of the molecule is CP(=O)(O)OC[C@@H]1C[C@@H](O)CN1C(=O)CCCCCCCCCCC(=O)NC(COCCC(=O)NCCCNC(=O)CCCCO[C@@H]1OC(CO)[C@H](O)C(O)[C@@H]1O)(OCCC(=O)NCCCNC(=O)CCCCO[C@@H]1OC(CO)[C@H](O)C(O)[C@@H]1O)OCCC(=O)NCCCNC(=O)CCCCO[C@@H]1OC(CO)[C@H](O)C(O)[C@@H]1O. The molecule has 4 aliphatic heterocycles. The summed E-state index contributed by atoms with van der Waals surface area (Å²) in [5.41, 5.74) is 0. The van der Waals surface area contributed by atoms with Crippen LogP contribution in [0.4, 0.5) is 0 Å². The minimum Gasteiger partial charge on any atom is -0.394 e. The first-order valence-corrected chi connectivity index (χ1v) is 41.5. The molecule has 0 aromatic heterocycles. The molecule has 113 heavy (non-hydrogen) atoms. The molecule has 42 heteroatoms. The largest absolute Gasteiger partial charge is 0.394 e. The third-order valence-electron chi connectivity index (χ3n) is 19.0. The van der Waals surface area contributed by atoms with Gasteiger partial charge in [0.2, 0.25) is 47.3 Å². The van der Waals surface area contributed by atoms with E-state index in [1.807, 2.05) is 0 Å². The van der Waals surface area contributed by atoms with Gasteiger partial charge in [0.25, 0.3) is 5.91 Å². The summed E-state index contributed by atoms with van der Waals surface area (Å²) in [7, 11) is -3.77. The molecule has 4 fully saturated rings. The third kappa shape index (κ3) is 40.4. The summed E-state index contributed by atoms with van der Waals surface area (Å²) in [5.74, 6) is -5.05. The predicted molar refractivity (Wildman–Crippen MR) is 394 cm³/mol. The maximum Gasteiger partial charge on any atom is 0.325 e. The maximum atomic E-state index is 13.9. The van der Waals surface area contributed by atoms with Crippen molar-refractivity contribution < 1.29 is 161 Å². The van der Waals surface area contributed by atoms with Crippen molar-refractivity contribution in [2.45, 2.75) is 277 Å². The Hall–Kier alpha value is -4.97. The molecule has 0 bridgehead atoms. The number of rotatable bonds is 61. The van der Waals surface area contributed by atoms with Gasteiger partial charge in [-0.25, -0.2) is 0 Å². The zero-order chi connectivity index (χ0) is 83.1. The van der Waals surface area contributed by atoms with Crippen LogP contribution in [0.3, 0.4) is 0 Å². The van der Waals surface area contributed by atoms with Gasteiger partial charge in [0, 0.05) is 111 Å². The molecule has 18 atom stereocenters. The molecule has 0 aromatic carbocycles. The Morgan fingerprint density at radius 2 is 0.717 bits per heavy atom. The number of likely N-dealkylation sites (tertiary alicyclic amines) is 1. The van der Waals surface area contributed by atoms with Crippen molar-refractivity contribution in [2.24, 2.45) is 0 Å². The number of ether oxygens (including phenoxy) is 9. The van der Waals surface area contributed by atoms with E-state index in [0.717, 1.165) is 38.8 Å². The molecule has 4 heterocycles. The third-order valence-corrected chi connectivity index (χ3v) is 19.6. The Kier molecular flexibility index (Phi) is 50.1. The van der Waals surface area contributed by atoms with Gasteiger partial charge in [0.1, 0.15) is 79.9 Å². The molecule has 656 valence electrons. The van der Waals surface area contributed by atoms with Gasteiger partial charge < -0.3 is 161 Å². The highest BCUT2D eigenvalue weighted by atomic mass is 31.2. The Morgan fingerprint density at radius 1 is 0.398 bits per heavy atom. The summed E-state index contributed by atoms with van der Waals surface area (Å²) in [5, 5.41) is 148. The van der Waals surface area contributed by atoms with Crippen molar-refractivity contribution in [3.63, 3.8) is 0 Å². The number of aliphatic hydroxyl groups excluding tert-OH is 13. The Labute approximate surface area is 658 Å². The lowest BCUT2D eigenvalue weighted by Gasteiger charge is -2.39. The molecule has 21 N–H and O–H groups in total. The van der Waals surface area contributed by atoms with Crippen molar-refractivity contribution in [3.05, 3.63) is 0 Å². The number of nitrogens with one attached hydrogen (secondary N) is 7. The van der Waals surface area contributed by atoms with Crippen LogP contribution in [0.2, 0.25) is 0 Å². The van der Waals surface area contributed by atoms with Gasteiger partial charge in [-0.3, -0.25) is 42.9 Å². The van der Waals surface area contributed by atoms with E-state index < -0.39 is 168 Å². The minimum absolute atomic E-state index is 0.0117. The second-order valence-corrected chi connectivity index (χ2v) is 30.4. The van der Waals surface area contributed by atoms with E-state index in [9.17, 15) is 114 Å². The van der Waals surface area contributed by atoms with Crippen molar-refractivity contribution in [2.75, 3.05) is 125 Å². The standard InChI is InChI=1S/C71H129N8O33P/c1-113(101,102)109-44-46-39-47(83)40-79(46)58(91)23-9-7-5-3-2-4-6-8-22-57(90)78-71(107-37-25-55(88)76-31-17-28-73-52(85)20-11-14-34-105-69-66(99)63(96)60(93)49(42-81)111-69,108-38-26-56(89)77-32-18-29-74-53(86)21-12-15-35-106-70-67(100)64(97)61(94)50(43-82)112-70)45-103-36-24-54(87)75-30-16-27-72-51(84)19-10-13-33-104-68-65(98)62(95)59(92)48(41-80)110-68/h46-50,59-70,80-83,92-100H,2-45H2,1H3,(H,72,84)(H,73,85)(H,74,86)(H,75,87)(H,76,88)(H,77,89)(H,78,90)(H,101,102)/t46-,47+,48?,49?,50?,59-,60-,61-,62?,63?,64?,65-,66-,67-,68+,69+,70+,71?/m0/s1. The number of aliphatic hydroxyl groups is 13. The average Bonchev–Trinajstić information content (AvgIpc) is 1.77. The van der Waals surface area contributed by atoms with E-state index in [1.54, 1.807) is 0 Å². The molecule has 0 aliphatic carbocycles. The summed E-state index contributed by atoms with van der Waals surface area (Å²) in [6.07, 6.45) is -12.8. The van der Waals surface area contributed by atoms with E-state index in [-0.39, 0.29) is 173 Å². The topological polar surface area (TPSA) is 617 Å². The van der Waals surface area contributed by atoms with Gasteiger partial charge in [-0.15, -0.1) is 0 Å². The van der Waals surface area contributed by atoms with Crippen molar-refractivity contribution in [3.8, 4) is 0 Å². The number of hydrogen-bond donors (Lipinski definition) is 21. The normalized spacial score (nSPS) is 26.9. The fourth-order valence-electron chi connectivity index (χ4n) is 12.4. The Bertz CT molecular complexity index is 2680. The molecule has 4 aliphatic rings. The lowest BCUT2D eigenvalue weighted by atomic mass is 9.99. The molecule has 0 spiro atoms. The Balaban J connectivity index is 1.29. The van der Waals surface area contributed by atoms with Gasteiger partial charge in [-0.1, -0.05) is 38.5 Å². The monoisotopic (exact) mass is 1650 g/mol. The highest BCUT2D eigenvalue weighted by Crippen LogP contribution is 2.38. The fraction of sp³-hybridized carbons (Fsp3) is 0.887. The minimum atomic E-state index is -3.77. The van der Waals surface area contributed by atoms with Gasteiger partial charge in [0.05, 0.1) is 71.2 Å². The van der Waals surface area contributed by atoms with E-state index in [4.69, 9.17) is 47.2 Å². The van der Waals surface area contributed by atoms with Crippen LogP contribution in [0, 0.1) is 0 Å². The second-order valence-electron chi connectivity index (χ2n) is 28.6. The first-order chi connectivity index (χ1) is 54.0. The quantitative estimate of drug-likeness (QED) is 0.0153. The maximum absolute atomic E-state index is 13.9. The molecular formula is C71H129N8O33P. The summed E-state index contributed by atoms with van der Waals surface area (Å²) in [6, 6.07) is -0.497. The van der Waals surface area contributed by atoms with E-state index in [1.165, 1.54) is 4.90 Å². The number of carbonyl (C=O) groups is 8. The lowest BCUT2D eigenvalue weighted by molar-refractivity contribution is -0.301. The molecule has 41 nitrogen and oxygen atoms in total. The van der Waals surface area contributed by atoms with Crippen molar-refractivity contribution in [1.29, 1.82) is 0 Å². The molecule has 8 amide bonds. The molecule has 4 rings (SSSR count). The number of nitrogens with zero attached hydrogens (tertiary/aromatic N) is 1. The number of β-amino-alcohol motifs (C(OH)–C–C–N with tert-alkyl or cyclic N) is 1. The molecule has 0 aromatic rings. The van der Waals surface area contributed by atoms with Crippen LogP contribution in [0.1, 0.15) is 167 Å². The summed E-state index contributed by atoms with van der Waals surface area (Å²) < 4.78 is 67.5. The summed E-state index contributed by atoms with van der Waals surface area (Å²) in [6.45, 7) is -1.08. The summed E-state index contributed by atoms with van der Waals surface area (Å²) >= 11 is 0. The number of amides is 8. The summed E-state index contributed by atoms with van der Waals surface area (Å²) in [4.78, 5) is 115. The van der Waals surface area contributed by atoms with Crippen molar-refractivity contribution >= 4 is 54.9 Å². The van der Waals surface area contributed by atoms with Crippen LogP contribution in [-0.2, 0) is 90.1 Å². The van der Waals surface area contributed by atoms with Crippen molar-refractivity contribution in [1.82, 2.24) is 42.1 Å². The van der Waals surface area contributed by atoms with Crippen LogP contribution in [0.25, 0.3) is 0 Å². The Morgan fingerprint density at radius 3 is 1.07 bits per heavy atom. The van der Waals surface area contributed by atoms with Gasteiger partial charge in [-0.05, 0) is 77.0 Å². The van der Waals surface area contributed by atoms with Gasteiger partial charge in [-0.2, -0.15) is 0 Å². The van der Waals surface area contributed by atoms with Gasteiger partial charge >= 0.3 is 7.60 Å². The number of hydrogen-bond acceptors (Lipinski definition) is 32. The van der Waals surface area contributed by atoms with E-state index >= 15 is 0 Å². The van der Waals surface area contributed by atoms with Crippen LogP contribution in [0.5, 0.6) is 0 Å². The van der Waals surface area contributed by atoms with E-state index in [0.29, 0.717) is 77.0 Å². The predicted octanol–water partition coefficient (Wildman–Crippen LogP) is -5.50. The fourth-order valence-corrected chi connectivity index (χ4v) is 12.8. The van der Waals surface area contributed by atoms with Crippen LogP contribution >= 0.6 is 7.60 Å². The molecule has 0 saturated carbocycles. The van der Waals surface area contributed by atoms with Gasteiger partial charge in [0.15, 0.2) is 18.9 Å². The zero-order valence-electron chi connectivity index (χ0n) is 64.8. The number of unbranched alkanes of at least 4 members (excludes halogenated alkanes) is 10. The molecular weight excluding hydrogens is 1520 g/mol. The molecule has 7 unspecified atom stereocenters. The average molecular weight is 1650 g/mol. The lowest BCUT2D eigenvalue weighted by Crippen LogP contribution is -2.59. The smallest absolute Gasteiger partial charge is 0.325 e. The molecule has 4 saturated heterocycles. The zero-order valence-corrected chi connectivity index (χ0v) is 65.7.